The number of nitrogens with one attached hydrogen (secondary N) is 2. The summed E-state index contributed by atoms with van der Waals surface area (Å²) in [6.07, 6.45) is 1.38. The van der Waals surface area contributed by atoms with Gasteiger partial charge in [0.2, 0.25) is 0 Å². The summed E-state index contributed by atoms with van der Waals surface area (Å²) in [6, 6.07) is 0. The van der Waals surface area contributed by atoms with Gasteiger partial charge in [-0.3, -0.25) is 9.78 Å². The number of aromatic amines is 2. The Labute approximate surface area is 77.2 Å². The predicted octanol–water partition coefficient (Wildman–Crippen LogP) is -0.631. The maximum atomic E-state index is 10.6. The molecular weight excluding hydrogens is 321 g/mol. The molecule has 0 aliphatic rings. The first kappa shape index (κ1) is 9.62. The topological polar surface area (TPSA) is 65.7 Å². The van der Waals surface area contributed by atoms with Gasteiger partial charge in [-0.1, -0.05) is 0 Å². The van der Waals surface area contributed by atoms with Crippen LogP contribution in [-0.4, -0.2) is 9.97 Å². The molecular formula is C5H6HgN2O2. The second kappa shape index (κ2) is 3.70. The summed E-state index contributed by atoms with van der Waals surface area (Å²) in [5, 5.41) is 0. The maximum Gasteiger partial charge on any atom is 0.325 e. The van der Waals surface area contributed by atoms with Gasteiger partial charge < -0.3 is 4.98 Å². The summed E-state index contributed by atoms with van der Waals surface area (Å²) in [4.78, 5) is 25.3. The van der Waals surface area contributed by atoms with Gasteiger partial charge in [-0.25, -0.2) is 4.79 Å². The summed E-state index contributed by atoms with van der Waals surface area (Å²) < 4.78 is 0. The fourth-order valence-corrected chi connectivity index (χ4v) is 0.477. The summed E-state index contributed by atoms with van der Waals surface area (Å²) in [5.41, 5.74) is -0.293. The Morgan fingerprint density at radius 1 is 1.40 bits per heavy atom. The van der Waals surface area contributed by atoms with Crippen LogP contribution >= 0.6 is 0 Å². The molecule has 0 bridgehead atoms. The van der Waals surface area contributed by atoms with Crippen molar-refractivity contribution in [1.82, 2.24) is 9.97 Å². The van der Waals surface area contributed by atoms with Crippen molar-refractivity contribution in [3.63, 3.8) is 0 Å². The van der Waals surface area contributed by atoms with Crippen LogP contribution in [0.3, 0.4) is 0 Å². The molecule has 50 valence electrons. The minimum atomic E-state index is -0.467. The van der Waals surface area contributed by atoms with E-state index in [1.165, 1.54) is 6.20 Å². The minimum Gasteiger partial charge on any atom is -0.314 e. The van der Waals surface area contributed by atoms with Gasteiger partial charge in [-0.15, -0.1) is 0 Å². The van der Waals surface area contributed by atoms with Crippen molar-refractivity contribution in [1.29, 1.82) is 0 Å². The molecule has 0 aliphatic carbocycles. The van der Waals surface area contributed by atoms with E-state index >= 15 is 0 Å². The van der Waals surface area contributed by atoms with Gasteiger partial charge in [-0.05, 0) is 6.92 Å². The number of aromatic nitrogens is 2. The van der Waals surface area contributed by atoms with Crippen molar-refractivity contribution >= 4 is 0 Å². The Balaban J connectivity index is 0.000000810. The van der Waals surface area contributed by atoms with E-state index in [9.17, 15) is 9.59 Å². The van der Waals surface area contributed by atoms with Crippen molar-refractivity contribution in [3.05, 3.63) is 32.6 Å². The summed E-state index contributed by atoms with van der Waals surface area (Å²) in [6.45, 7) is 1.62. The van der Waals surface area contributed by atoms with Crippen LogP contribution in [0.1, 0.15) is 5.56 Å². The number of rotatable bonds is 0. The van der Waals surface area contributed by atoms with Crippen LogP contribution in [0.2, 0.25) is 0 Å². The van der Waals surface area contributed by atoms with Crippen LogP contribution in [0, 0.1) is 6.92 Å². The molecule has 0 amide bonds. The van der Waals surface area contributed by atoms with Crippen LogP contribution < -0.4 is 11.2 Å². The molecule has 4 nitrogen and oxygen atoms in total. The second-order valence-corrected chi connectivity index (χ2v) is 1.75. The molecule has 0 spiro atoms. The third-order valence-corrected chi connectivity index (χ3v) is 1.00. The molecule has 0 unspecified atom stereocenters. The molecule has 0 atom stereocenters. The van der Waals surface area contributed by atoms with Crippen molar-refractivity contribution in [2.45, 2.75) is 6.92 Å². The molecule has 1 heterocycles. The third kappa shape index (κ3) is 2.09. The normalized spacial score (nSPS) is 8.50. The second-order valence-electron chi connectivity index (χ2n) is 1.75. The van der Waals surface area contributed by atoms with Crippen LogP contribution in [0.15, 0.2) is 15.8 Å². The van der Waals surface area contributed by atoms with E-state index in [1.807, 2.05) is 0 Å². The fraction of sp³-hybridized carbons (Fsp3) is 0.200. The zero-order valence-corrected chi connectivity index (χ0v) is 11.1. The van der Waals surface area contributed by atoms with Gasteiger partial charge in [-0.2, -0.15) is 0 Å². The summed E-state index contributed by atoms with van der Waals surface area (Å²) in [7, 11) is 0. The molecule has 10 heavy (non-hydrogen) atoms. The third-order valence-electron chi connectivity index (χ3n) is 1.00. The predicted molar refractivity (Wildman–Crippen MR) is 32.4 cm³/mol. The Morgan fingerprint density at radius 3 is 2.40 bits per heavy atom. The van der Waals surface area contributed by atoms with Crippen LogP contribution in [-0.2, 0) is 27.7 Å². The van der Waals surface area contributed by atoms with E-state index in [2.05, 4.69) is 9.97 Å². The van der Waals surface area contributed by atoms with Gasteiger partial charge in [0.15, 0.2) is 0 Å². The van der Waals surface area contributed by atoms with Gasteiger partial charge in [0.25, 0.3) is 5.56 Å². The first-order chi connectivity index (χ1) is 4.20. The Bertz CT molecular complexity index is 314. The Morgan fingerprint density at radius 2 is 2.00 bits per heavy atom. The van der Waals surface area contributed by atoms with Crippen molar-refractivity contribution in [2.24, 2.45) is 0 Å². The molecule has 0 radical (unpaired) electrons. The van der Waals surface area contributed by atoms with Crippen molar-refractivity contribution in [3.8, 4) is 0 Å². The molecule has 2 N–H and O–H groups in total. The van der Waals surface area contributed by atoms with Crippen LogP contribution in [0.4, 0.5) is 0 Å². The molecule has 1 rings (SSSR count). The molecule has 0 aromatic carbocycles. The van der Waals surface area contributed by atoms with E-state index < -0.39 is 5.69 Å². The van der Waals surface area contributed by atoms with E-state index in [0.29, 0.717) is 5.56 Å². The van der Waals surface area contributed by atoms with Gasteiger partial charge >= 0.3 is 5.69 Å². The van der Waals surface area contributed by atoms with Crippen LogP contribution in [0.25, 0.3) is 0 Å². The van der Waals surface area contributed by atoms with Gasteiger partial charge in [0, 0.05) is 39.4 Å². The smallest absolute Gasteiger partial charge is 0.314 e. The van der Waals surface area contributed by atoms with E-state index in [0.717, 1.165) is 0 Å². The van der Waals surface area contributed by atoms with Gasteiger partial charge in [0.1, 0.15) is 0 Å². The first-order valence-corrected chi connectivity index (χ1v) is 2.49. The van der Waals surface area contributed by atoms with E-state index in [4.69, 9.17) is 0 Å². The Kier molecular flexibility index (Phi) is 3.56. The number of hydrogen-bond donors (Lipinski definition) is 2. The summed E-state index contributed by atoms with van der Waals surface area (Å²) >= 11 is 0. The van der Waals surface area contributed by atoms with Crippen molar-refractivity contribution in [2.75, 3.05) is 0 Å². The zero-order valence-electron chi connectivity index (χ0n) is 5.60. The maximum absolute atomic E-state index is 10.6. The molecule has 0 aliphatic heterocycles. The van der Waals surface area contributed by atoms with Crippen molar-refractivity contribution < 1.29 is 27.7 Å². The fourth-order valence-electron chi connectivity index (χ4n) is 0.477. The quantitative estimate of drug-likeness (QED) is 0.624. The Hall–Kier alpha value is -0.385. The molecule has 0 saturated carbocycles. The van der Waals surface area contributed by atoms with E-state index in [-0.39, 0.29) is 33.2 Å². The molecule has 5 heteroatoms. The minimum absolute atomic E-state index is 0. The average Bonchev–Trinajstić information content (AvgIpc) is 1.80. The number of aryl methyl sites for hydroxylation is 1. The molecule has 1 aromatic heterocycles. The van der Waals surface area contributed by atoms with E-state index in [1.54, 1.807) is 6.92 Å². The molecule has 0 fully saturated rings. The average molecular weight is 327 g/mol. The standard InChI is InChI=1S/C5H6N2O2.Hg/c1-3-2-6-5(9)7-4(3)8;/h2H,1H3,(H2,6,7,8,9);. The van der Waals surface area contributed by atoms with Gasteiger partial charge in [0.05, 0.1) is 0 Å². The monoisotopic (exact) mass is 328 g/mol. The SMILES string of the molecule is Cc1c[nH]c(=O)[nH]c1=O.[Hg]. The molecule has 0 saturated heterocycles. The summed E-state index contributed by atoms with van der Waals surface area (Å²) in [5.74, 6) is 0. The zero-order chi connectivity index (χ0) is 6.85. The number of hydrogen-bond acceptors (Lipinski definition) is 2. The molecule has 1 aromatic rings. The van der Waals surface area contributed by atoms with Crippen LogP contribution in [0.5, 0.6) is 0 Å². The first-order valence-electron chi connectivity index (χ1n) is 2.49. The number of H-pyrrole nitrogens is 2. The largest absolute Gasteiger partial charge is 0.325 e.